The minimum absolute atomic E-state index is 0.0700. The quantitative estimate of drug-likeness (QED) is 0.730. The Kier molecular flexibility index (Phi) is 5.58. The van der Waals surface area contributed by atoms with E-state index in [1.165, 1.54) is 30.3 Å². The summed E-state index contributed by atoms with van der Waals surface area (Å²) < 4.78 is 13.5. The number of hydrogen-bond donors (Lipinski definition) is 2. The topological polar surface area (TPSA) is 41.1 Å². The third kappa shape index (κ3) is 4.08. The second-order valence-corrected chi connectivity index (χ2v) is 5.79. The summed E-state index contributed by atoms with van der Waals surface area (Å²) in [6.45, 7) is 0. The number of thiocarbonyl (C=S) groups is 1. The van der Waals surface area contributed by atoms with Crippen LogP contribution in [0.15, 0.2) is 36.4 Å². The van der Waals surface area contributed by atoms with E-state index in [1.807, 2.05) is 0 Å². The molecule has 3 nitrogen and oxygen atoms in total. The second-order valence-electron chi connectivity index (χ2n) is 4.13. The van der Waals surface area contributed by atoms with Crippen LogP contribution in [-0.4, -0.2) is 11.0 Å². The Morgan fingerprint density at radius 3 is 2.27 bits per heavy atom. The van der Waals surface area contributed by atoms with Crippen LogP contribution in [0, 0.1) is 5.82 Å². The molecule has 8 heteroatoms. The third-order valence-electron chi connectivity index (χ3n) is 2.59. The normalized spacial score (nSPS) is 10.2. The molecule has 2 N–H and O–H groups in total. The maximum Gasteiger partial charge on any atom is 0.260 e. The first-order chi connectivity index (χ1) is 10.4. The Bertz CT molecular complexity index is 732. The molecule has 0 aliphatic rings. The van der Waals surface area contributed by atoms with Gasteiger partial charge in [0.05, 0.1) is 21.3 Å². The average Bonchev–Trinajstić information content (AvgIpc) is 2.43. The van der Waals surface area contributed by atoms with E-state index in [4.69, 9.17) is 47.0 Å². The van der Waals surface area contributed by atoms with Crippen LogP contribution in [0.4, 0.5) is 10.1 Å². The number of carbonyl (C=O) groups excluding carboxylic acids is 1. The van der Waals surface area contributed by atoms with Gasteiger partial charge in [-0.25, -0.2) is 4.39 Å². The van der Waals surface area contributed by atoms with Gasteiger partial charge in [0, 0.05) is 5.02 Å². The van der Waals surface area contributed by atoms with Gasteiger partial charge in [-0.3, -0.25) is 10.1 Å². The first kappa shape index (κ1) is 17.0. The fourth-order valence-electron chi connectivity index (χ4n) is 1.62. The van der Waals surface area contributed by atoms with Crippen molar-refractivity contribution in [1.29, 1.82) is 0 Å². The zero-order chi connectivity index (χ0) is 16.3. The van der Waals surface area contributed by atoms with E-state index < -0.39 is 11.7 Å². The first-order valence-electron chi connectivity index (χ1n) is 5.90. The highest BCUT2D eigenvalue weighted by molar-refractivity contribution is 7.80. The molecule has 2 aromatic rings. The Hall–Kier alpha value is -1.40. The van der Waals surface area contributed by atoms with Gasteiger partial charge in [-0.2, -0.15) is 0 Å². The molecule has 0 heterocycles. The minimum Gasteiger partial charge on any atom is -0.330 e. The SMILES string of the molecule is O=C(NC(=S)Nc1c(Cl)cc(Cl)cc1Cl)c1ccccc1F. The fraction of sp³-hybridized carbons (Fsp3) is 0. The van der Waals surface area contributed by atoms with Crippen molar-refractivity contribution in [3.8, 4) is 0 Å². The lowest BCUT2D eigenvalue weighted by atomic mass is 10.2. The maximum absolute atomic E-state index is 13.5. The highest BCUT2D eigenvalue weighted by atomic mass is 35.5. The van der Waals surface area contributed by atoms with Gasteiger partial charge in [-0.15, -0.1) is 0 Å². The van der Waals surface area contributed by atoms with Gasteiger partial charge in [0.25, 0.3) is 5.91 Å². The van der Waals surface area contributed by atoms with Crippen molar-refractivity contribution in [2.24, 2.45) is 0 Å². The smallest absolute Gasteiger partial charge is 0.260 e. The molecule has 0 bridgehead atoms. The van der Waals surface area contributed by atoms with Crippen molar-refractivity contribution in [2.45, 2.75) is 0 Å². The first-order valence-corrected chi connectivity index (χ1v) is 7.44. The predicted molar refractivity (Wildman–Crippen MR) is 91.6 cm³/mol. The number of anilines is 1. The molecule has 114 valence electrons. The van der Waals surface area contributed by atoms with E-state index in [0.29, 0.717) is 10.7 Å². The van der Waals surface area contributed by atoms with E-state index in [9.17, 15) is 9.18 Å². The van der Waals surface area contributed by atoms with Gasteiger partial charge in [0.15, 0.2) is 5.11 Å². The van der Waals surface area contributed by atoms with Crippen molar-refractivity contribution in [1.82, 2.24) is 5.32 Å². The van der Waals surface area contributed by atoms with Gasteiger partial charge in [-0.05, 0) is 36.5 Å². The highest BCUT2D eigenvalue weighted by Gasteiger charge is 2.14. The van der Waals surface area contributed by atoms with E-state index in [2.05, 4.69) is 10.6 Å². The molecule has 0 aliphatic heterocycles. The summed E-state index contributed by atoms with van der Waals surface area (Å²) in [6, 6.07) is 8.49. The summed E-state index contributed by atoms with van der Waals surface area (Å²) >= 11 is 22.8. The Labute approximate surface area is 146 Å². The molecule has 0 radical (unpaired) electrons. The Morgan fingerprint density at radius 1 is 1.09 bits per heavy atom. The summed E-state index contributed by atoms with van der Waals surface area (Å²) in [4.78, 5) is 11.9. The van der Waals surface area contributed by atoms with Crippen LogP contribution < -0.4 is 10.6 Å². The molecule has 22 heavy (non-hydrogen) atoms. The van der Waals surface area contributed by atoms with Crippen LogP contribution in [0.5, 0.6) is 0 Å². The molecular formula is C14H8Cl3FN2OS. The number of benzene rings is 2. The van der Waals surface area contributed by atoms with Crippen molar-refractivity contribution in [2.75, 3.05) is 5.32 Å². The number of rotatable bonds is 2. The Morgan fingerprint density at radius 2 is 1.68 bits per heavy atom. The average molecular weight is 378 g/mol. The van der Waals surface area contributed by atoms with Crippen LogP contribution in [0.1, 0.15) is 10.4 Å². The van der Waals surface area contributed by atoms with Gasteiger partial charge in [-0.1, -0.05) is 46.9 Å². The van der Waals surface area contributed by atoms with Crippen molar-refractivity contribution < 1.29 is 9.18 Å². The number of carbonyl (C=O) groups is 1. The van der Waals surface area contributed by atoms with Crippen LogP contribution in [0.3, 0.4) is 0 Å². The number of nitrogens with one attached hydrogen (secondary N) is 2. The number of halogens is 4. The standard InChI is InChI=1S/C14H8Cl3FN2OS/c15-7-5-9(16)12(10(17)6-7)19-14(22)20-13(21)8-3-1-2-4-11(8)18/h1-6H,(H2,19,20,21,22). The monoisotopic (exact) mass is 376 g/mol. The molecule has 0 aliphatic carbocycles. The van der Waals surface area contributed by atoms with Crippen molar-refractivity contribution in [3.05, 3.63) is 62.8 Å². The van der Waals surface area contributed by atoms with Crippen LogP contribution in [0.25, 0.3) is 0 Å². The molecule has 2 aromatic carbocycles. The molecule has 0 saturated carbocycles. The minimum atomic E-state index is -0.684. The van der Waals surface area contributed by atoms with Gasteiger partial charge in [0.2, 0.25) is 0 Å². The molecular weight excluding hydrogens is 370 g/mol. The predicted octanol–water partition coefficient (Wildman–Crippen LogP) is 4.91. The van der Waals surface area contributed by atoms with Gasteiger partial charge in [0.1, 0.15) is 5.82 Å². The maximum atomic E-state index is 13.5. The number of amides is 1. The third-order valence-corrected chi connectivity index (χ3v) is 3.61. The van der Waals surface area contributed by atoms with Crippen molar-refractivity contribution >= 4 is 63.7 Å². The van der Waals surface area contributed by atoms with Crippen molar-refractivity contribution in [3.63, 3.8) is 0 Å². The van der Waals surface area contributed by atoms with Crippen LogP contribution >= 0.6 is 47.0 Å². The summed E-state index contributed by atoms with van der Waals surface area (Å²) in [7, 11) is 0. The molecule has 0 atom stereocenters. The lowest BCUT2D eigenvalue weighted by molar-refractivity contribution is 0.0974. The lowest BCUT2D eigenvalue weighted by Crippen LogP contribution is -2.34. The van der Waals surface area contributed by atoms with E-state index in [0.717, 1.165) is 0 Å². The van der Waals surface area contributed by atoms with Crippen LogP contribution in [0.2, 0.25) is 15.1 Å². The lowest BCUT2D eigenvalue weighted by Gasteiger charge is -2.13. The second kappa shape index (κ2) is 7.24. The van der Waals surface area contributed by atoms with Crippen LogP contribution in [-0.2, 0) is 0 Å². The van der Waals surface area contributed by atoms with E-state index in [-0.39, 0.29) is 20.7 Å². The zero-order valence-electron chi connectivity index (χ0n) is 10.8. The molecule has 1 amide bonds. The van der Waals surface area contributed by atoms with Gasteiger partial charge < -0.3 is 5.32 Å². The summed E-state index contributed by atoms with van der Waals surface area (Å²) in [5.74, 6) is -1.33. The zero-order valence-corrected chi connectivity index (χ0v) is 13.9. The molecule has 0 fully saturated rings. The molecule has 0 saturated heterocycles. The summed E-state index contributed by atoms with van der Waals surface area (Å²) in [5.41, 5.74) is 0.173. The molecule has 0 aromatic heterocycles. The largest absolute Gasteiger partial charge is 0.330 e. The highest BCUT2D eigenvalue weighted by Crippen LogP contribution is 2.33. The summed E-state index contributed by atoms with van der Waals surface area (Å²) in [5, 5.41) is 5.79. The Balaban J connectivity index is 2.11. The molecule has 0 unspecified atom stereocenters. The summed E-state index contributed by atoms with van der Waals surface area (Å²) in [6.07, 6.45) is 0. The van der Waals surface area contributed by atoms with Gasteiger partial charge >= 0.3 is 0 Å². The molecule has 2 rings (SSSR count). The number of hydrogen-bond acceptors (Lipinski definition) is 2. The fourth-order valence-corrected chi connectivity index (χ4v) is 2.73. The van der Waals surface area contributed by atoms with E-state index >= 15 is 0 Å². The molecule has 0 spiro atoms. The van der Waals surface area contributed by atoms with E-state index in [1.54, 1.807) is 6.07 Å².